The van der Waals surface area contributed by atoms with Gasteiger partial charge in [0.15, 0.2) is 0 Å². The van der Waals surface area contributed by atoms with Gasteiger partial charge in [-0.25, -0.2) is 4.79 Å². The number of nitrogens with zero attached hydrogens (tertiary/aromatic N) is 1. The normalized spacial score (nSPS) is 18.1. The van der Waals surface area contributed by atoms with Gasteiger partial charge in [0.2, 0.25) is 5.91 Å². The number of nitrogens with one attached hydrogen (secondary N) is 1. The number of halogens is 1. The molecule has 148 valence electrons. The smallest absolute Gasteiger partial charge is 0.328 e. The van der Waals surface area contributed by atoms with Gasteiger partial charge in [-0.05, 0) is 36.5 Å². The number of nitrogen functional groups attached to an aromatic ring is 1. The van der Waals surface area contributed by atoms with Crippen LogP contribution in [0, 0.1) is 5.41 Å². The van der Waals surface area contributed by atoms with Crippen LogP contribution >= 0.6 is 11.6 Å². The minimum atomic E-state index is -0.813. The van der Waals surface area contributed by atoms with Crippen LogP contribution in [0.2, 0.25) is 5.02 Å². The van der Waals surface area contributed by atoms with Gasteiger partial charge in [0.25, 0.3) is 5.91 Å². The highest BCUT2D eigenvalue weighted by molar-refractivity contribution is 6.33. The van der Waals surface area contributed by atoms with E-state index in [-0.39, 0.29) is 10.9 Å². The van der Waals surface area contributed by atoms with E-state index < -0.39 is 29.4 Å². The van der Waals surface area contributed by atoms with E-state index in [1.807, 2.05) is 20.8 Å². The minimum absolute atomic E-state index is 0.270. The van der Waals surface area contributed by atoms with Crippen molar-refractivity contribution in [2.45, 2.75) is 45.7 Å². The van der Waals surface area contributed by atoms with Crippen molar-refractivity contribution in [3.05, 3.63) is 28.8 Å². The Kier molecular flexibility index (Phi) is 6.36. The first-order valence-electron chi connectivity index (χ1n) is 8.80. The maximum absolute atomic E-state index is 13.2. The summed E-state index contributed by atoms with van der Waals surface area (Å²) in [6.45, 7) is 6.02. The predicted octanol–water partition coefficient (Wildman–Crippen LogP) is 2.23. The lowest BCUT2D eigenvalue weighted by Gasteiger charge is -2.35. The van der Waals surface area contributed by atoms with Gasteiger partial charge >= 0.3 is 5.97 Å². The molecule has 1 aliphatic rings. The van der Waals surface area contributed by atoms with Crippen molar-refractivity contribution in [3.8, 4) is 0 Å². The number of hydrogen-bond donors (Lipinski definition) is 2. The van der Waals surface area contributed by atoms with Gasteiger partial charge in [0, 0.05) is 12.1 Å². The lowest BCUT2D eigenvalue weighted by molar-refractivity contribution is -0.152. The zero-order valence-electron chi connectivity index (χ0n) is 16.0. The van der Waals surface area contributed by atoms with Crippen molar-refractivity contribution in [1.29, 1.82) is 0 Å². The van der Waals surface area contributed by atoms with Gasteiger partial charge < -0.3 is 20.7 Å². The number of rotatable bonds is 4. The van der Waals surface area contributed by atoms with Gasteiger partial charge in [-0.15, -0.1) is 0 Å². The topological polar surface area (TPSA) is 102 Å². The molecule has 1 aromatic rings. The molecule has 0 aromatic heterocycles. The molecule has 1 aromatic carbocycles. The molecule has 27 heavy (non-hydrogen) atoms. The fourth-order valence-corrected chi connectivity index (χ4v) is 3.29. The number of benzene rings is 1. The summed E-state index contributed by atoms with van der Waals surface area (Å²) in [7, 11) is 1.30. The molecule has 1 saturated heterocycles. The Labute approximate surface area is 164 Å². The number of nitrogens with two attached hydrogens (primary N) is 1. The SMILES string of the molecule is COC(=O)[C@@H]1CCCN1C(=O)[C@@H](NC(=O)c1ccc(N)c(Cl)c1)C(C)(C)C. The third kappa shape index (κ3) is 4.71. The second kappa shape index (κ2) is 8.17. The van der Waals surface area contributed by atoms with Gasteiger partial charge in [0.05, 0.1) is 17.8 Å². The van der Waals surface area contributed by atoms with E-state index >= 15 is 0 Å². The molecule has 0 saturated carbocycles. The number of carbonyl (C=O) groups excluding carboxylic acids is 3. The molecule has 2 atom stereocenters. The molecule has 1 aliphatic heterocycles. The Morgan fingerprint density at radius 2 is 2.00 bits per heavy atom. The monoisotopic (exact) mass is 395 g/mol. The minimum Gasteiger partial charge on any atom is -0.467 e. The summed E-state index contributed by atoms with van der Waals surface area (Å²) in [5.74, 6) is -1.17. The van der Waals surface area contributed by atoms with Crippen LogP contribution < -0.4 is 11.1 Å². The summed E-state index contributed by atoms with van der Waals surface area (Å²) >= 11 is 5.99. The number of likely N-dealkylation sites (tertiary alicyclic amines) is 1. The summed E-state index contributed by atoms with van der Waals surface area (Å²) in [5, 5.41) is 3.06. The van der Waals surface area contributed by atoms with Crippen molar-refractivity contribution in [2.75, 3.05) is 19.4 Å². The van der Waals surface area contributed by atoms with E-state index in [1.165, 1.54) is 18.1 Å². The lowest BCUT2D eigenvalue weighted by atomic mass is 9.85. The summed E-state index contributed by atoms with van der Waals surface area (Å²) in [6.07, 6.45) is 1.26. The van der Waals surface area contributed by atoms with Crippen LogP contribution in [-0.2, 0) is 14.3 Å². The molecular weight excluding hydrogens is 370 g/mol. The van der Waals surface area contributed by atoms with E-state index in [1.54, 1.807) is 12.1 Å². The predicted molar refractivity (Wildman–Crippen MR) is 103 cm³/mol. The van der Waals surface area contributed by atoms with E-state index in [9.17, 15) is 14.4 Å². The van der Waals surface area contributed by atoms with Gasteiger partial charge in [-0.2, -0.15) is 0 Å². The highest BCUT2D eigenvalue weighted by Gasteiger charge is 2.42. The first-order valence-corrected chi connectivity index (χ1v) is 9.18. The fourth-order valence-electron chi connectivity index (χ4n) is 3.11. The summed E-state index contributed by atoms with van der Waals surface area (Å²) < 4.78 is 4.81. The Morgan fingerprint density at radius 3 is 2.56 bits per heavy atom. The van der Waals surface area contributed by atoms with Crippen LogP contribution in [0.3, 0.4) is 0 Å². The zero-order chi connectivity index (χ0) is 20.4. The molecule has 0 unspecified atom stereocenters. The zero-order valence-corrected chi connectivity index (χ0v) is 16.8. The van der Waals surface area contributed by atoms with Crippen molar-refractivity contribution in [1.82, 2.24) is 10.2 Å². The summed E-state index contributed by atoms with van der Waals surface area (Å²) in [4.78, 5) is 39.3. The quantitative estimate of drug-likeness (QED) is 0.601. The maximum Gasteiger partial charge on any atom is 0.328 e. The molecular formula is C19H26ClN3O4. The first kappa shape index (κ1) is 21.0. The Bertz CT molecular complexity index is 745. The number of carbonyl (C=O) groups is 3. The fraction of sp³-hybridized carbons (Fsp3) is 0.526. The molecule has 0 radical (unpaired) electrons. The van der Waals surface area contributed by atoms with E-state index in [0.717, 1.165) is 0 Å². The number of anilines is 1. The molecule has 0 aliphatic carbocycles. The average Bonchev–Trinajstić information content (AvgIpc) is 3.09. The van der Waals surface area contributed by atoms with Crippen LogP contribution in [0.15, 0.2) is 18.2 Å². The average molecular weight is 396 g/mol. The number of amides is 2. The van der Waals surface area contributed by atoms with Crippen molar-refractivity contribution >= 4 is 35.1 Å². The first-order chi connectivity index (χ1) is 12.6. The van der Waals surface area contributed by atoms with E-state index in [0.29, 0.717) is 30.6 Å². The van der Waals surface area contributed by atoms with Crippen LogP contribution in [-0.4, -0.2) is 48.4 Å². The maximum atomic E-state index is 13.2. The number of ether oxygens (including phenoxy) is 1. The molecule has 2 amide bonds. The Balaban J connectivity index is 2.24. The Morgan fingerprint density at radius 1 is 1.33 bits per heavy atom. The molecule has 0 spiro atoms. The van der Waals surface area contributed by atoms with Gasteiger partial charge in [-0.3, -0.25) is 9.59 Å². The molecule has 1 fully saturated rings. The summed E-state index contributed by atoms with van der Waals surface area (Å²) in [6, 6.07) is 3.12. The van der Waals surface area contributed by atoms with Crippen molar-refractivity contribution < 1.29 is 19.1 Å². The summed E-state index contributed by atoms with van der Waals surface area (Å²) in [5.41, 5.74) is 5.79. The second-order valence-corrected chi connectivity index (χ2v) is 8.13. The number of hydrogen-bond acceptors (Lipinski definition) is 5. The molecule has 3 N–H and O–H groups in total. The number of esters is 1. The van der Waals surface area contributed by atoms with Crippen LogP contribution in [0.5, 0.6) is 0 Å². The van der Waals surface area contributed by atoms with Crippen molar-refractivity contribution in [3.63, 3.8) is 0 Å². The van der Waals surface area contributed by atoms with Crippen LogP contribution in [0.25, 0.3) is 0 Å². The van der Waals surface area contributed by atoms with Crippen LogP contribution in [0.1, 0.15) is 44.0 Å². The molecule has 7 nitrogen and oxygen atoms in total. The largest absolute Gasteiger partial charge is 0.467 e. The number of methoxy groups -OCH3 is 1. The second-order valence-electron chi connectivity index (χ2n) is 7.72. The van der Waals surface area contributed by atoms with Gasteiger partial charge in [-0.1, -0.05) is 32.4 Å². The lowest BCUT2D eigenvalue weighted by Crippen LogP contribution is -2.56. The Hall–Kier alpha value is -2.28. The standard InChI is InChI=1S/C19H26ClN3O4/c1-19(2,3)15(17(25)23-9-5-6-14(23)18(26)27-4)22-16(24)11-7-8-13(21)12(20)10-11/h7-8,10,14-15H,5-6,9,21H2,1-4H3,(H,22,24)/t14-,15+/m0/s1. The molecule has 8 heteroatoms. The molecule has 1 heterocycles. The third-order valence-corrected chi connectivity index (χ3v) is 4.99. The highest BCUT2D eigenvalue weighted by atomic mass is 35.5. The highest BCUT2D eigenvalue weighted by Crippen LogP contribution is 2.27. The third-order valence-electron chi connectivity index (χ3n) is 4.66. The van der Waals surface area contributed by atoms with E-state index in [2.05, 4.69) is 5.32 Å². The van der Waals surface area contributed by atoms with Gasteiger partial charge in [0.1, 0.15) is 12.1 Å². The molecule has 0 bridgehead atoms. The van der Waals surface area contributed by atoms with Crippen molar-refractivity contribution in [2.24, 2.45) is 5.41 Å². The van der Waals surface area contributed by atoms with E-state index in [4.69, 9.17) is 22.1 Å². The van der Waals surface area contributed by atoms with Crippen LogP contribution in [0.4, 0.5) is 5.69 Å². The molecule has 2 rings (SSSR count).